The van der Waals surface area contributed by atoms with Crippen LogP contribution in [-0.2, 0) is 12.4 Å². The predicted molar refractivity (Wildman–Crippen MR) is 95.5 cm³/mol. The van der Waals surface area contributed by atoms with E-state index < -0.39 is 23.5 Å². The van der Waals surface area contributed by atoms with Crippen LogP contribution in [-0.4, -0.2) is 7.85 Å². The zero-order valence-corrected chi connectivity index (χ0v) is 14.1. The maximum Gasteiger partial charge on any atom is 0.416 e. The second-order valence-corrected chi connectivity index (χ2v) is 6.24. The van der Waals surface area contributed by atoms with Crippen LogP contribution in [0.15, 0.2) is 66.7 Å². The minimum atomic E-state index is -4.86. The average molecular weight is 378 g/mol. The first kappa shape index (κ1) is 19.1. The van der Waals surface area contributed by atoms with Gasteiger partial charge in [-0.15, -0.1) is 0 Å². The second-order valence-electron chi connectivity index (χ2n) is 6.24. The van der Waals surface area contributed by atoms with Gasteiger partial charge in [0.25, 0.3) is 0 Å². The first-order valence-corrected chi connectivity index (χ1v) is 8.01. The van der Waals surface area contributed by atoms with Gasteiger partial charge in [-0.25, -0.2) is 0 Å². The molecule has 0 bridgehead atoms. The highest BCUT2D eigenvalue weighted by Crippen LogP contribution is 2.38. The normalized spacial score (nSPS) is 12.2. The highest BCUT2D eigenvalue weighted by molar-refractivity contribution is 6.32. The first-order chi connectivity index (χ1) is 12.5. The first-order valence-electron chi connectivity index (χ1n) is 8.01. The van der Waals surface area contributed by atoms with Crippen molar-refractivity contribution in [1.82, 2.24) is 0 Å². The van der Waals surface area contributed by atoms with E-state index in [2.05, 4.69) is 0 Å². The van der Waals surface area contributed by atoms with Crippen molar-refractivity contribution in [1.29, 1.82) is 0 Å². The molecule has 0 nitrogen and oxygen atoms in total. The lowest BCUT2D eigenvalue weighted by molar-refractivity contribution is -0.143. The Labute approximate surface area is 152 Å². The highest BCUT2D eigenvalue weighted by Gasteiger charge is 2.36. The third-order valence-electron chi connectivity index (χ3n) is 4.19. The van der Waals surface area contributed by atoms with Crippen molar-refractivity contribution in [3.8, 4) is 22.3 Å². The molecular formula is C20H13BF6. The van der Waals surface area contributed by atoms with E-state index in [9.17, 15) is 26.3 Å². The molecule has 0 saturated heterocycles. The summed E-state index contributed by atoms with van der Waals surface area (Å²) < 4.78 is 78.0. The molecule has 7 heteroatoms. The molecule has 0 aliphatic carbocycles. The number of rotatable bonds is 2. The van der Waals surface area contributed by atoms with Crippen molar-refractivity contribution >= 4 is 13.3 Å². The molecule has 0 aliphatic rings. The lowest BCUT2D eigenvalue weighted by Crippen LogP contribution is -2.11. The van der Waals surface area contributed by atoms with E-state index in [1.165, 1.54) is 12.1 Å². The van der Waals surface area contributed by atoms with Crippen LogP contribution < -0.4 is 5.46 Å². The van der Waals surface area contributed by atoms with E-state index in [0.717, 1.165) is 28.7 Å². The molecule has 0 heterocycles. The van der Waals surface area contributed by atoms with Crippen LogP contribution >= 0.6 is 0 Å². The molecule has 0 atom stereocenters. The minimum absolute atomic E-state index is 0.129. The van der Waals surface area contributed by atoms with Gasteiger partial charge in [-0.2, -0.15) is 26.3 Å². The number of benzene rings is 3. The van der Waals surface area contributed by atoms with Crippen LogP contribution in [0.5, 0.6) is 0 Å². The van der Waals surface area contributed by atoms with Crippen LogP contribution in [0.2, 0.25) is 0 Å². The molecule has 0 radical (unpaired) electrons. The van der Waals surface area contributed by atoms with Gasteiger partial charge in [-0.05, 0) is 40.5 Å². The van der Waals surface area contributed by atoms with Crippen LogP contribution in [0.4, 0.5) is 26.3 Å². The molecule has 0 amide bonds. The van der Waals surface area contributed by atoms with Crippen molar-refractivity contribution in [3.63, 3.8) is 0 Å². The summed E-state index contributed by atoms with van der Waals surface area (Å²) in [5.74, 6) is 0. The van der Waals surface area contributed by atoms with Crippen molar-refractivity contribution in [2.24, 2.45) is 0 Å². The summed E-state index contributed by atoms with van der Waals surface area (Å²) >= 11 is 0. The van der Waals surface area contributed by atoms with Crippen LogP contribution in [0, 0.1) is 0 Å². The van der Waals surface area contributed by atoms with Crippen LogP contribution in [0.25, 0.3) is 22.3 Å². The zero-order valence-electron chi connectivity index (χ0n) is 14.1. The van der Waals surface area contributed by atoms with E-state index in [1.54, 1.807) is 12.1 Å². The Morgan fingerprint density at radius 1 is 0.481 bits per heavy atom. The molecule has 3 aromatic rings. The lowest BCUT2D eigenvalue weighted by Gasteiger charge is -2.14. The van der Waals surface area contributed by atoms with Crippen molar-refractivity contribution in [2.45, 2.75) is 12.4 Å². The number of halogens is 6. The van der Waals surface area contributed by atoms with E-state index >= 15 is 0 Å². The minimum Gasteiger partial charge on any atom is -0.166 e. The molecule has 0 N–H and O–H groups in total. The molecule has 0 unspecified atom stereocenters. The highest BCUT2D eigenvalue weighted by atomic mass is 19.4. The Kier molecular flexibility index (Phi) is 4.80. The fourth-order valence-electron chi connectivity index (χ4n) is 2.72. The van der Waals surface area contributed by atoms with Gasteiger partial charge in [0.05, 0.1) is 11.1 Å². The Hall–Kier alpha value is -2.70. The Morgan fingerprint density at radius 2 is 0.815 bits per heavy atom. The van der Waals surface area contributed by atoms with E-state index in [4.69, 9.17) is 0 Å². The van der Waals surface area contributed by atoms with E-state index in [0.29, 0.717) is 0 Å². The van der Waals surface area contributed by atoms with E-state index in [-0.39, 0.29) is 17.2 Å². The van der Waals surface area contributed by atoms with Gasteiger partial charge < -0.3 is 0 Å². The average Bonchev–Trinajstić information content (AvgIpc) is 2.61. The molecule has 27 heavy (non-hydrogen) atoms. The topological polar surface area (TPSA) is 0 Å². The van der Waals surface area contributed by atoms with Gasteiger partial charge in [-0.3, -0.25) is 0 Å². The molecule has 0 aliphatic heterocycles. The maximum absolute atomic E-state index is 13.0. The summed E-state index contributed by atoms with van der Waals surface area (Å²) in [4.78, 5) is 0. The SMILES string of the molecule is Bc1ccc(-c2ccc(-c3cc(C(F)(F)F)cc(C(F)(F)F)c3)cc2)cc1. The van der Waals surface area contributed by atoms with Crippen LogP contribution in [0.1, 0.15) is 11.1 Å². The standard InChI is InChI=1S/C20H13BF6/c21-18-7-5-13(6-8-18)12-1-3-14(4-2-12)15-9-16(19(22,23)24)11-17(10-15)20(25,26)27/h1-11H,21H2. The van der Waals surface area contributed by atoms with Crippen LogP contribution in [0.3, 0.4) is 0 Å². The molecule has 3 aromatic carbocycles. The quantitative estimate of drug-likeness (QED) is 0.419. The number of alkyl halides is 6. The largest absolute Gasteiger partial charge is 0.416 e. The van der Waals surface area contributed by atoms with Crippen molar-refractivity contribution in [3.05, 3.63) is 77.9 Å². The fourth-order valence-corrected chi connectivity index (χ4v) is 2.72. The summed E-state index contributed by atoms with van der Waals surface area (Å²) in [5.41, 5.74) is 0.313. The predicted octanol–water partition coefficient (Wildman–Crippen LogP) is 5.32. The van der Waals surface area contributed by atoms with Gasteiger partial charge >= 0.3 is 12.4 Å². The summed E-state index contributed by atoms with van der Waals surface area (Å²) in [7, 11) is 1.94. The smallest absolute Gasteiger partial charge is 0.166 e. The molecule has 0 saturated carbocycles. The van der Waals surface area contributed by atoms with E-state index in [1.807, 2.05) is 32.1 Å². The summed E-state index contributed by atoms with van der Waals surface area (Å²) in [6.45, 7) is 0. The fraction of sp³-hybridized carbons (Fsp3) is 0.100. The van der Waals surface area contributed by atoms with Crippen molar-refractivity contribution < 1.29 is 26.3 Å². The monoisotopic (exact) mass is 378 g/mol. The summed E-state index contributed by atoms with van der Waals surface area (Å²) in [5, 5.41) is 0. The van der Waals surface area contributed by atoms with Crippen molar-refractivity contribution in [2.75, 3.05) is 0 Å². The summed E-state index contributed by atoms with van der Waals surface area (Å²) in [6.07, 6.45) is -9.73. The molecular weight excluding hydrogens is 365 g/mol. The molecule has 0 spiro atoms. The number of hydrogen-bond donors (Lipinski definition) is 0. The Balaban J connectivity index is 2.04. The Bertz CT molecular complexity index is 906. The second kappa shape index (κ2) is 6.80. The number of hydrogen-bond acceptors (Lipinski definition) is 0. The lowest BCUT2D eigenvalue weighted by atomic mass is 9.93. The molecule has 0 aromatic heterocycles. The zero-order chi connectivity index (χ0) is 19.8. The molecule has 3 rings (SSSR count). The molecule has 0 fully saturated rings. The van der Waals surface area contributed by atoms with Gasteiger partial charge in [0.15, 0.2) is 0 Å². The third kappa shape index (κ3) is 4.35. The van der Waals surface area contributed by atoms with Gasteiger partial charge in [0.2, 0.25) is 0 Å². The third-order valence-corrected chi connectivity index (χ3v) is 4.19. The maximum atomic E-state index is 13.0. The summed E-state index contributed by atoms with van der Waals surface area (Å²) in [6, 6.07) is 15.6. The van der Waals surface area contributed by atoms with Gasteiger partial charge in [0, 0.05) is 0 Å². The molecule has 138 valence electrons. The Morgan fingerprint density at radius 3 is 1.19 bits per heavy atom. The van der Waals surface area contributed by atoms with Gasteiger partial charge in [0.1, 0.15) is 7.85 Å². The van der Waals surface area contributed by atoms with Gasteiger partial charge in [-0.1, -0.05) is 54.0 Å².